The first-order valence-corrected chi connectivity index (χ1v) is 9.44. The molecule has 3 rings (SSSR count). The van der Waals surface area contributed by atoms with Crippen LogP contribution in [0.4, 0.5) is 4.79 Å². The van der Waals surface area contributed by atoms with E-state index in [0.29, 0.717) is 17.9 Å². The number of hydrogen-bond donors (Lipinski definition) is 3. The molecular weight excluding hydrogens is 388 g/mol. The molecule has 1 aliphatic rings. The number of aromatic hydroxyl groups is 1. The highest BCUT2D eigenvalue weighted by Gasteiger charge is 2.39. The van der Waals surface area contributed by atoms with E-state index in [-0.39, 0.29) is 23.8 Å². The van der Waals surface area contributed by atoms with Crippen molar-refractivity contribution < 1.29 is 28.9 Å². The van der Waals surface area contributed by atoms with E-state index in [0.717, 1.165) is 5.56 Å². The van der Waals surface area contributed by atoms with E-state index in [4.69, 9.17) is 14.2 Å². The number of ether oxygens (including phenoxy) is 3. The average molecular weight is 412 g/mol. The number of methoxy groups -OCH3 is 1. The van der Waals surface area contributed by atoms with Crippen molar-refractivity contribution in [3.63, 3.8) is 0 Å². The molecule has 2 atom stereocenters. The van der Waals surface area contributed by atoms with E-state index < -0.39 is 24.0 Å². The zero-order valence-corrected chi connectivity index (χ0v) is 16.8. The molecule has 0 aromatic heterocycles. The first-order valence-electron chi connectivity index (χ1n) is 9.44. The second-order valence-electron chi connectivity index (χ2n) is 6.70. The second-order valence-corrected chi connectivity index (χ2v) is 6.70. The number of carbonyl (C=O) groups is 2. The predicted molar refractivity (Wildman–Crippen MR) is 109 cm³/mol. The maximum absolute atomic E-state index is 12.9. The van der Waals surface area contributed by atoms with Crippen LogP contribution < -0.4 is 20.1 Å². The van der Waals surface area contributed by atoms with Crippen LogP contribution >= 0.6 is 0 Å². The van der Waals surface area contributed by atoms with Crippen LogP contribution in [-0.2, 0) is 16.1 Å². The van der Waals surface area contributed by atoms with Gasteiger partial charge in [0.15, 0.2) is 11.5 Å². The highest BCUT2D eigenvalue weighted by atomic mass is 16.5. The van der Waals surface area contributed by atoms with Gasteiger partial charge in [-0.2, -0.15) is 0 Å². The van der Waals surface area contributed by atoms with Gasteiger partial charge in [-0.1, -0.05) is 24.8 Å². The van der Waals surface area contributed by atoms with Crippen LogP contribution in [0.1, 0.15) is 24.1 Å². The molecule has 8 heteroatoms. The van der Waals surface area contributed by atoms with Gasteiger partial charge in [0.1, 0.15) is 18.3 Å². The van der Waals surface area contributed by atoms with Crippen molar-refractivity contribution >= 4 is 12.0 Å². The Kier molecular flexibility index (Phi) is 6.46. The minimum absolute atomic E-state index is 0.0293. The maximum Gasteiger partial charge on any atom is 0.319 e. The van der Waals surface area contributed by atoms with Crippen LogP contribution in [0.5, 0.6) is 17.2 Å². The number of benzene rings is 2. The van der Waals surface area contributed by atoms with Crippen molar-refractivity contribution in [2.75, 3.05) is 13.7 Å². The van der Waals surface area contributed by atoms with Crippen molar-refractivity contribution in [2.45, 2.75) is 19.6 Å². The first-order chi connectivity index (χ1) is 14.4. The minimum atomic E-state index is -0.861. The standard InChI is InChI=1S/C22H24N2O6/c1-4-29-18-11-15(7-10-17(18)25)20-19(13(2)23-22(27)24-20)21(26)30-12-14-5-8-16(28-3)9-6-14/h5-11,19-20,25H,2,4,12H2,1,3H3,(H2,23,24,27). The molecule has 158 valence electrons. The largest absolute Gasteiger partial charge is 0.504 e. The lowest BCUT2D eigenvalue weighted by atomic mass is 9.89. The zero-order valence-electron chi connectivity index (χ0n) is 16.8. The SMILES string of the molecule is C=C1NC(=O)NC(c2ccc(O)c(OCC)c2)C1C(=O)OCc1ccc(OC)cc1. The van der Waals surface area contributed by atoms with Crippen LogP contribution in [0.2, 0.25) is 0 Å². The Balaban J connectivity index is 1.80. The van der Waals surface area contributed by atoms with Gasteiger partial charge in [0, 0.05) is 5.70 Å². The van der Waals surface area contributed by atoms with Gasteiger partial charge < -0.3 is 30.0 Å². The van der Waals surface area contributed by atoms with E-state index in [2.05, 4.69) is 17.2 Å². The fraction of sp³-hybridized carbons (Fsp3) is 0.273. The number of urea groups is 1. The maximum atomic E-state index is 12.9. The average Bonchev–Trinajstić information content (AvgIpc) is 2.73. The molecule has 0 aliphatic carbocycles. The van der Waals surface area contributed by atoms with Crippen LogP contribution in [0, 0.1) is 5.92 Å². The Hall–Kier alpha value is -3.68. The molecular formula is C22H24N2O6. The summed E-state index contributed by atoms with van der Waals surface area (Å²) in [6.07, 6.45) is 0. The molecule has 2 unspecified atom stereocenters. The molecule has 30 heavy (non-hydrogen) atoms. The third-order valence-corrected chi connectivity index (χ3v) is 4.71. The third kappa shape index (κ3) is 4.65. The van der Waals surface area contributed by atoms with Crippen molar-refractivity contribution in [3.8, 4) is 17.2 Å². The van der Waals surface area contributed by atoms with Crippen molar-refractivity contribution in [1.29, 1.82) is 0 Å². The molecule has 0 bridgehead atoms. The predicted octanol–water partition coefficient (Wildman–Crippen LogP) is 3.03. The first kappa shape index (κ1) is 21.0. The molecule has 2 aromatic carbocycles. The molecule has 0 saturated carbocycles. The summed E-state index contributed by atoms with van der Waals surface area (Å²) in [7, 11) is 1.57. The van der Waals surface area contributed by atoms with Gasteiger partial charge in [0.25, 0.3) is 0 Å². The number of nitrogens with one attached hydrogen (secondary N) is 2. The minimum Gasteiger partial charge on any atom is -0.504 e. The number of amides is 2. The summed E-state index contributed by atoms with van der Waals surface area (Å²) in [5, 5.41) is 15.2. The number of rotatable bonds is 7. The molecule has 2 amide bonds. The molecule has 1 heterocycles. The Morgan fingerprint density at radius 3 is 2.60 bits per heavy atom. The quantitative estimate of drug-likeness (QED) is 0.604. The second kappa shape index (κ2) is 9.21. The molecule has 0 spiro atoms. The van der Waals surface area contributed by atoms with E-state index in [1.807, 2.05) is 0 Å². The van der Waals surface area contributed by atoms with E-state index in [1.54, 1.807) is 50.4 Å². The highest BCUT2D eigenvalue weighted by molar-refractivity contribution is 5.85. The van der Waals surface area contributed by atoms with Gasteiger partial charge in [-0.15, -0.1) is 0 Å². The Morgan fingerprint density at radius 2 is 1.93 bits per heavy atom. The van der Waals surface area contributed by atoms with E-state index in [1.165, 1.54) is 6.07 Å². The summed E-state index contributed by atoms with van der Waals surface area (Å²) in [6.45, 7) is 6.04. The van der Waals surface area contributed by atoms with Gasteiger partial charge in [0.2, 0.25) is 0 Å². The number of phenols is 1. The zero-order chi connectivity index (χ0) is 21.7. The lowest BCUT2D eigenvalue weighted by Gasteiger charge is -2.33. The normalized spacial score (nSPS) is 18.2. The molecule has 1 saturated heterocycles. The summed E-state index contributed by atoms with van der Waals surface area (Å²) >= 11 is 0. The van der Waals surface area contributed by atoms with Crippen LogP contribution in [-0.4, -0.2) is 30.8 Å². The molecule has 1 aliphatic heterocycles. The van der Waals surface area contributed by atoms with Gasteiger partial charge in [-0.05, 0) is 42.3 Å². The van der Waals surface area contributed by atoms with Crippen LogP contribution in [0.3, 0.4) is 0 Å². The van der Waals surface area contributed by atoms with Crippen LogP contribution in [0.15, 0.2) is 54.7 Å². The Labute approximate surface area is 174 Å². The fourth-order valence-corrected chi connectivity index (χ4v) is 3.20. The van der Waals surface area contributed by atoms with Gasteiger partial charge in [-0.3, -0.25) is 4.79 Å². The molecule has 8 nitrogen and oxygen atoms in total. The number of hydrogen-bond acceptors (Lipinski definition) is 6. The summed E-state index contributed by atoms with van der Waals surface area (Å²) in [4.78, 5) is 24.9. The summed E-state index contributed by atoms with van der Waals surface area (Å²) in [6, 6.07) is 10.6. The third-order valence-electron chi connectivity index (χ3n) is 4.71. The van der Waals surface area contributed by atoms with Crippen molar-refractivity contribution in [1.82, 2.24) is 10.6 Å². The highest BCUT2D eigenvalue weighted by Crippen LogP contribution is 2.35. The summed E-state index contributed by atoms with van der Waals surface area (Å²) in [5.74, 6) is -0.466. The number of carbonyl (C=O) groups excluding carboxylic acids is 2. The Bertz CT molecular complexity index is 941. The van der Waals surface area contributed by atoms with Crippen LogP contribution in [0.25, 0.3) is 0 Å². The smallest absolute Gasteiger partial charge is 0.319 e. The number of phenolic OH excluding ortho intramolecular Hbond substituents is 1. The molecule has 0 radical (unpaired) electrons. The fourth-order valence-electron chi connectivity index (χ4n) is 3.20. The van der Waals surface area contributed by atoms with Gasteiger partial charge in [-0.25, -0.2) is 4.79 Å². The molecule has 3 N–H and O–H groups in total. The van der Waals surface area contributed by atoms with Crippen molar-refractivity contribution in [2.24, 2.45) is 5.92 Å². The number of esters is 1. The summed E-state index contributed by atoms with van der Waals surface area (Å²) in [5.41, 5.74) is 1.61. The lowest BCUT2D eigenvalue weighted by molar-refractivity contribution is -0.149. The van der Waals surface area contributed by atoms with Gasteiger partial charge >= 0.3 is 12.0 Å². The summed E-state index contributed by atoms with van der Waals surface area (Å²) < 4.78 is 16.0. The van der Waals surface area contributed by atoms with E-state index >= 15 is 0 Å². The Morgan fingerprint density at radius 1 is 1.20 bits per heavy atom. The monoisotopic (exact) mass is 412 g/mol. The molecule has 2 aromatic rings. The molecule has 1 fully saturated rings. The topological polar surface area (TPSA) is 106 Å². The lowest BCUT2D eigenvalue weighted by Crippen LogP contribution is -2.51. The van der Waals surface area contributed by atoms with Gasteiger partial charge in [0.05, 0.1) is 19.8 Å². The van der Waals surface area contributed by atoms with Crippen molar-refractivity contribution in [3.05, 3.63) is 65.9 Å². The van der Waals surface area contributed by atoms with E-state index in [9.17, 15) is 14.7 Å².